The zero-order chi connectivity index (χ0) is 24.6. The van der Waals surface area contributed by atoms with Crippen LogP contribution in [-0.2, 0) is 10.2 Å². The van der Waals surface area contributed by atoms with Gasteiger partial charge in [-0.25, -0.2) is 0 Å². The van der Waals surface area contributed by atoms with E-state index in [0.717, 1.165) is 16.5 Å². The molecule has 1 unspecified atom stereocenters. The van der Waals surface area contributed by atoms with Crippen LogP contribution < -0.4 is 25.6 Å². The number of hydrazine groups is 1. The van der Waals surface area contributed by atoms with E-state index in [1.54, 1.807) is 24.3 Å². The number of thiocarbonyl (C=S) groups is 1. The Morgan fingerprint density at radius 3 is 2.33 bits per heavy atom. The lowest BCUT2D eigenvalue weighted by molar-refractivity contribution is -0.123. The van der Waals surface area contributed by atoms with Crippen LogP contribution in [0.5, 0.6) is 11.5 Å². The first-order valence-electron chi connectivity index (χ1n) is 10.6. The molecule has 2 rings (SSSR count). The zero-order valence-electron chi connectivity index (χ0n) is 19.5. The first-order chi connectivity index (χ1) is 15.5. The van der Waals surface area contributed by atoms with Crippen molar-refractivity contribution in [3.05, 3.63) is 58.1 Å². The summed E-state index contributed by atoms with van der Waals surface area (Å²) in [6.45, 7) is 10.1. The third-order valence-electron chi connectivity index (χ3n) is 4.73. The summed E-state index contributed by atoms with van der Waals surface area (Å²) in [6.07, 6.45) is 0.984. The Kier molecular flexibility index (Phi) is 9.67. The van der Waals surface area contributed by atoms with Gasteiger partial charge < -0.3 is 9.47 Å². The molecular formula is C24H30BrN3O4S. The van der Waals surface area contributed by atoms with Crippen molar-refractivity contribution in [1.82, 2.24) is 16.2 Å². The van der Waals surface area contributed by atoms with Gasteiger partial charge in [0.15, 0.2) is 11.7 Å². The van der Waals surface area contributed by atoms with Crippen LogP contribution in [-0.4, -0.2) is 29.6 Å². The van der Waals surface area contributed by atoms with Gasteiger partial charge in [0.25, 0.3) is 11.8 Å². The van der Waals surface area contributed by atoms with Crippen molar-refractivity contribution in [2.45, 2.75) is 52.6 Å². The average Bonchev–Trinajstić information content (AvgIpc) is 2.76. The SMILES string of the molecule is CCC(C)Oc1ccc(C(=O)NC(=S)NNC(=O)COc2ccc(C(C)(C)C)cc2Br)cc1. The standard InChI is InChI=1S/C24H30BrN3O4S/c1-6-15(2)32-18-10-7-16(8-11-18)22(30)26-23(33)28-27-21(29)14-31-20-12-9-17(13-19(20)25)24(3,4)5/h7-13,15H,6,14H2,1-5H3,(H,27,29)(H2,26,28,30,33). The number of rotatable bonds is 7. The summed E-state index contributed by atoms with van der Waals surface area (Å²) in [7, 11) is 0. The van der Waals surface area contributed by atoms with Crippen molar-refractivity contribution < 1.29 is 19.1 Å². The monoisotopic (exact) mass is 535 g/mol. The van der Waals surface area contributed by atoms with E-state index in [2.05, 4.69) is 52.9 Å². The van der Waals surface area contributed by atoms with Crippen LogP contribution in [0.25, 0.3) is 0 Å². The van der Waals surface area contributed by atoms with Gasteiger partial charge in [0.2, 0.25) is 0 Å². The summed E-state index contributed by atoms with van der Waals surface area (Å²) in [5.41, 5.74) is 6.45. The fraction of sp³-hybridized carbons (Fsp3) is 0.375. The van der Waals surface area contributed by atoms with Crippen molar-refractivity contribution in [1.29, 1.82) is 0 Å². The minimum atomic E-state index is -0.454. The number of amides is 2. The normalized spacial score (nSPS) is 11.8. The van der Waals surface area contributed by atoms with E-state index in [-0.39, 0.29) is 23.2 Å². The minimum Gasteiger partial charge on any atom is -0.491 e. The second-order valence-electron chi connectivity index (χ2n) is 8.50. The smallest absolute Gasteiger partial charge is 0.276 e. The Morgan fingerprint density at radius 2 is 1.76 bits per heavy atom. The van der Waals surface area contributed by atoms with Crippen molar-refractivity contribution in [3.63, 3.8) is 0 Å². The second kappa shape index (κ2) is 12.0. The molecule has 0 spiro atoms. The predicted molar refractivity (Wildman–Crippen MR) is 137 cm³/mol. The molecule has 0 heterocycles. The molecule has 0 aromatic heterocycles. The largest absolute Gasteiger partial charge is 0.491 e. The average molecular weight is 536 g/mol. The Morgan fingerprint density at radius 1 is 1.09 bits per heavy atom. The molecule has 0 saturated carbocycles. The molecule has 2 amide bonds. The molecule has 1 atom stereocenters. The van der Waals surface area contributed by atoms with Crippen LogP contribution in [0.2, 0.25) is 0 Å². The molecule has 2 aromatic carbocycles. The molecule has 0 bridgehead atoms. The molecule has 2 aromatic rings. The second-order valence-corrected chi connectivity index (χ2v) is 9.76. The summed E-state index contributed by atoms with van der Waals surface area (Å²) in [5, 5.41) is 2.47. The van der Waals surface area contributed by atoms with Gasteiger partial charge in [0.05, 0.1) is 10.6 Å². The molecule has 0 aliphatic heterocycles. The molecule has 0 saturated heterocycles. The highest BCUT2D eigenvalue weighted by molar-refractivity contribution is 9.10. The number of carbonyl (C=O) groups excluding carboxylic acids is 2. The van der Waals surface area contributed by atoms with Crippen molar-refractivity contribution in [2.24, 2.45) is 0 Å². The van der Waals surface area contributed by atoms with Crippen LogP contribution >= 0.6 is 28.1 Å². The Bertz CT molecular complexity index is 990. The van der Waals surface area contributed by atoms with E-state index in [0.29, 0.717) is 17.1 Å². The number of hydrogen-bond acceptors (Lipinski definition) is 5. The van der Waals surface area contributed by atoms with E-state index in [1.807, 2.05) is 32.0 Å². The molecule has 9 heteroatoms. The molecule has 0 fully saturated rings. The summed E-state index contributed by atoms with van der Waals surface area (Å²) in [5.74, 6) is 0.379. The summed E-state index contributed by atoms with van der Waals surface area (Å²) < 4.78 is 12.0. The van der Waals surface area contributed by atoms with E-state index in [9.17, 15) is 9.59 Å². The molecule has 0 aliphatic rings. The molecule has 33 heavy (non-hydrogen) atoms. The van der Waals surface area contributed by atoms with Gasteiger partial charge in [0, 0.05) is 5.56 Å². The van der Waals surface area contributed by atoms with Gasteiger partial charge in [-0.2, -0.15) is 0 Å². The van der Waals surface area contributed by atoms with Gasteiger partial charge in [-0.3, -0.25) is 25.8 Å². The van der Waals surface area contributed by atoms with Gasteiger partial charge in [-0.05, 0) is 88.9 Å². The van der Waals surface area contributed by atoms with Gasteiger partial charge >= 0.3 is 0 Å². The molecule has 0 radical (unpaired) electrons. The zero-order valence-corrected chi connectivity index (χ0v) is 21.9. The van der Waals surface area contributed by atoms with Gasteiger partial charge in [0.1, 0.15) is 11.5 Å². The lowest BCUT2D eigenvalue weighted by atomic mass is 9.87. The predicted octanol–water partition coefficient (Wildman–Crippen LogP) is 4.64. The topological polar surface area (TPSA) is 88.7 Å². The third-order valence-corrected chi connectivity index (χ3v) is 5.55. The van der Waals surface area contributed by atoms with E-state index in [4.69, 9.17) is 21.7 Å². The Hall–Kier alpha value is -2.65. The van der Waals surface area contributed by atoms with Gasteiger partial charge in [-0.15, -0.1) is 0 Å². The molecule has 178 valence electrons. The number of hydrogen-bond donors (Lipinski definition) is 3. The van der Waals surface area contributed by atoms with Crippen LogP contribution in [0.3, 0.4) is 0 Å². The molecule has 7 nitrogen and oxygen atoms in total. The third kappa shape index (κ3) is 8.66. The van der Waals surface area contributed by atoms with Crippen LogP contribution in [0.15, 0.2) is 46.9 Å². The van der Waals surface area contributed by atoms with Crippen molar-refractivity contribution in [3.8, 4) is 11.5 Å². The highest BCUT2D eigenvalue weighted by Gasteiger charge is 2.16. The summed E-state index contributed by atoms with van der Waals surface area (Å²) >= 11 is 8.54. The Labute approximate surface area is 208 Å². The molecule has 3 N–H and O–H groups in total. The number of carbonyl (C=O) groups is 2. The fourth-order valence-corrected chi connectivity index (χ4v) is 3.23. The fourth-order valence-electron chi connectivity index (χ4n) is 2.60. The number of benzene rings is 2. The first kappa shape index (κ1) is 26.6. The maximum absolute atomic E-state index is 12.3. The van der Waals surface area contributed by atoms with Crippen LogP contribution in [0.1, 0.15) is 57.0 Å². The number of ether oxygens (including phenoxy) is 2. The van der Waals surface area contributed by atoms with Crippen molar-refractivity contribution >= 4 is 45.1 Å². The summed E-state index contributed by atoms with van der Waals surface area (Å²) in [6, 6.07) is 12.5. The molecule has 0 aliphatic carbocycles. The number of nitrogens with one attached hydrogen (secondary N) is 3. The van der Waals surface area contributed by atoms with Crippen molar-refractivity contribution in [2.75, 3.05) is 6.61 Å². The Balaban J connectivity index is 1.78. The highest BCUT2D eigenvalue weighted by atomic mass is 79.9. The molecular weight excluding hydrogens is 506 g/mol. The minimum absolute atomic E-state index is 0.00587. The van der Waals surface area contributed by atoms with Crippen LogP contribution in [0, 0.1) is 0 Å². The first-order valence-corrected chi connectivity index (χ1v) is 11.8. The highest BCUT2D eigenvalue weighted by Crippen LogP contribution is 2.31. The van der Waals surface area contributed by atoms with E-state index in [1.165, 1.54) is 0 Å². The lowest BCUT2D eigenvalue weighted by Crippen LogP contribution is -2.49. The summed E-state index contributed by atoms with van der Waals surface area (Å²) in [4.78, 5) is 24.4. The maximum Gasteiger partial charge on any atom is 0.276 e. The quantitative estimate of drug-likeness (QED) is 0.353. The van der Waals surface area contributed by atoms with E-state index >= 15 is 0 Å². The van der Waals surface area contributed by atoms with E-state index < -0.39 is 11.8 Å². The lowest BCUT2D eigenvalue weighted by Gasteiger charge is -2.20. The maximum atomic E-state index is 12.3. The van der Waals surface area contributed by atoms with Gasteiger partial charge in [-0.1, -0.05) is 33.8 Å². The van der Waals surface area contributed by atoms with Crippen LogP contribution in [0.4, 0.5) is 0 Å². The number of halogens is 1.